The van der Waals surface area contributed by atoms with Crippen LogP contribution in [0, 0.1) is 0 Å². The first-order valence-electron chi connectivity index (χ1n) is 9.71. The average molecular weight is 410 g/mol. The Morgan fingerprint density at radius 1 is 1.14 bits per heavy atom. The zero-order valence-corrected chi connectivity index (χ0v) is 16.5. The highest BCUT2D eigenvalue weighted by molar-refractivity contribution is 6.31. The van der Waals surface area contributed by atoms with Crippen LogP contribution in [-0.4, -0.2) is 41.4 Å². The van der Waals surface area contributed by atoms with Gasteiger partial charge in [0.15, 0.2) is 6.61 Å². The first kappa shape index (κ1) is 18.1. The number of hydrogen-bond acceptors (Lipinski definition) is 3. The van der Waals surface area contributed by atoms with E-state index in [1.54, 1.807) is 18.2 Å². The van der Waals surface area contributed by atoms with E-state index in [4.69, 9.17) is 16.3 Å². The van der Waals surface area contributed by atoms with Gasteiger partial charge < -0.3 is 19.9 Å². The van der Waals surface area contributed by atoms with Crippen molar-refractivity contribution in [3.05, 3.63) is 58.7 Å². The largest absolute Gasteiger partial charge is 0.482 e. The Bertz CT molecular complexity index is 1120. The summed E-state index contributed by atoms with van der Waals surface area (Å²) in [5.74, 6) is 0.759. The molecule has 1 fully saturated rings. The third-order valence-electron chi connectivity index (χ3n) is 5.76. The van der Waals surface area contributed by atoms with Crippen LogP contribution in [0.15, 0.2) is 42.6 Å². The fourth-order valence-electron chi connectivity index (χ4n) is 4.24. The first-order valence-corrected chi connectivity index (χ1v) is 10.1. The number of fused-ring (bicyclic) bond motifs is 2. The van der Waals surface area contributed by atoms with Crippen molar-refractivity contribution in [3.63, 3.8) is 0 Å². The Morgan fingerprint density at radius 2 is 1.97 bits per heavy atom. The second-order valence-electron chi connectivity index (χ2n) is 7.55. The van der Waals surface area contributed by atoms with E-state index in [-0.39, 0.29) is 18.4 Å². The Labute approximate surface area is 172 Å². The van der Waals surface area contributed by atoms with Gasteiger partial charge in [-0.1, -0.05) is 11.6 Å². The third kappa shape index (κ3) is 3.34. The first-order chi connectivity index (χ1) is 14.1. The van der Waals surface area contributed by atoms with Gasteiger partial charge in [-0.2, -0.15) is 0 Å². The van der Waals surface area contributed by atoms with Gasteiger partial charge in [0.2, 0.25) is 0 Å². The normalized spacial score (nSPS) is 17.0. The number of aromatic nitrogens is 1. The van der Waals surface area contributed by atoms with Crippen molar-refractivity contribution < 1.29 is 14.3 Å². The highest BCUT2D eigenvalue weighted by atomic mass is 35.5. The lowest BCUT2D eigenvalue weighted by Gasteiger charge is -2.32. The highest BCUT2D eigenvalue weighted by Crippen LogP contribution is 2.35. The number of carbonyl (C=O) groups excluding carboxylic acids is 2. The summed E-state index contributed by atoms with van der Waals surface area (Å²) in [6.45, 7) is 1.39. The van der Waals surface area contributed by atoms with Crippen molar-refractivity contribution >= 4 is 40.0 Å². The molecule has 1 saturated heterocycles. The zero-order chi connectivity index (χ0) is 20.0. The number of benzene rings is 2. The van der Waals surface area contributed by atoms with Gasteiger partial charge in [0.25, 0.3) is 11.8 Å². The fraction of sp³-hybridized carbons (Fsp3) is 0.273. The standard InChI is InChI=1S/C22H20ClN3O3/c23-15-2-3-18-16(10-15)17(11-24-18)13-5-7-26(8-6-13)22(28)14-1-4-20-19(9-14)25-21(27)12-29-20/h1-4,9-11,13,24H,5-8,12H2,(H,25,27). The van der Waals surface area contributed by atoms with E-state index < -0.39 is 0 Å². The van der Waals surface area contributed by atoms with Gasteiger partial charge in [0.05, 0.1) is 5.69 Å². The van der Waals surface area contributed by atoms with E-state index in [1.165, 1.54) is 5.56 Å². The van der Waals surface area contributed by atoms with Crippen LogP contribution in [0.5, 0.6) is 5.75 Å². The minimum absolute atomic E-state index is 0.00680. The molecule has 2 aliphatic heterocycles. The SMILES string of the molecule is O=C1COc2ccc(C(=O)N3CCC(c4c[nH]c5ccc(Cl)cc45)CC3)cc2N1. The minimum Gasteiger partial charge on any atom is -0.482 e. The third-order valence-corrected chi connectivity index (χ3v) is 5.99. The van der Waals surface area contributed by atoms with Crippen LogP contribution in [0.3, 0.4) is 0 Å². The summed E-state index contributed by atoms with van der Waals surface area (Å²) < 4.78 is 5.37. The quantitative estimate of drug-likeness (QED) is 0.667. The van der Waals surface area contributed by atoms with E-state index in [9.17, 15) is 9.59 Å². The van der Waals surface area contributed by atoms with Crippen LogP contribution < -0.4 is 10.1 Å². The molecule has 0 spiro atoms. The number of aromatic amines is 1. The number of likely N-dealkylation sites (tertiary alicyclic amines) is 1. The van der Waals surface area contributed by atoms with Crippen molar-refractivity contribution in [2.75, 3.05) is 25.0 Å². The summed E-state index contributed by atoms with van der Waals surface area (Å²) in [5.41, 5.74) is 3.47. The number of piperidine rings is 1. The Kier molecular flexibility index (Phi) is 4.43. The maximum atomic E-state index is 13.0. The average Bonchev–Trinajstić information content (AvgIpc) is 3.16. The number of nitrogens with zero attached hydrogens (tertiary/aromatic N) is 1. The molecule has 2 N–H and O–H groups in total. The van der Waals surface area contributed by atoms with Gasteiger partial charge >= 0.3 is 0 Å². The molecule has 7 heteroatoms. The molecule has 2 aliphatic rings. The van der Waals surface area contributed by atoms with Crippen LogP contribution in [0.2, 0.25) is 5.02 Å². The number of rotatable bonds is 2. The molecule has 0 bridgehead atoms. The summed E-state index contributed by atoms with van der Waals surface area (Å²) >= 11 is 6.18. The molecular formula is C22H20ClN3O3. The van der Waals surface area contributed by atoms with Crippen molar-refractivity contribution in [2.24, 2.45) is 0 Å². The summed E-state index contributed by atoms with van der Waals surface area (Å²) in [6.07, 6.45) is 3.86. The number of amides is 2. The Morgan fingerprint density at radius 3 is 2.79 bits per heavy atom. The van der Waals surface area contributed by atoms with Gasteiger partial charge in [-0.05, 0) is 60.7 Å². The van der Waals surface area contributed by atoms with Crippen LogP contribution in [-0.2, 0) is 4.79 Å². The molecule has 0 saturated carbocycles. The maximum absolute atomic E-state index is 13.0. The van der Waals surface area contributed by atoms with Crippen LogP contribution >= 0.6 is 11.6 Å². The molecule has 1 aromatic heterocycles. The lowest BCUT2D eigenvalue weighted by Crippen LogP contribution is -2.38. The molecule has 3 heterocycles. The molecule has 6 nitrogen and oxygen atoms in total. The van der Waals surface area contributed by atoms with E-state index in [0.717, 1.165) is 28.8 Å². The predicted molar refractivity (Wildman–Crippen MR) is 112 cm³/mol. The summed E-state index contributed by atoms with van der Waals surface area (Å²) in [6, 6.07) is 11.1. The molecular weight excluding hydrogens is 390 g/mol. The molecule has 0 radical (unpaired) electrons. The van der Waals surface area contributed by atoms with Crippen molar-refractivity contribution in [1.29, 1.82) is 0 Å². The molecule has 148 valence electrons. The van der Waals surface area contributed by atoms with E-state index in [0.29, 0.717) is 36.0 Å². The van der Waals surface area contributed by atoms with Gasteiger partial charge in [0, 0.05) is 40.8 Å². The number of ether oxygens (including phenoxy) is 1. The number of nitrogens with one attached hydrogen (secondary N) is 2. The molecule has 0 aliphatic carbocycles. The summed E-state index contributed by atoms with van der Waals surface area (Å²) in [7, 11) is 0. The molecule has 0 atom stereocenters. The second kappa shape index (κ2) is 7.12. The van der Waals surface area contributed by atoms with Crippen LogP contribution in [0.4, 0.5) is 5.69 Å². The van der Waals surface area contributed by atoms with Crippen LogP contribution in [0.1, 0.15) is 34.7 Å². The number of carbonyl (C=O) groups is 2. The molecule has 2 aromatic carbocycles. The van der Waals surface area contributed by atoms with E-state index >= 15 is 0 Å². The van der Waals surface area contributed by atoms with E-state index in [1.807, 2.05) is 23.1 Å². The van der Waals surface area contributed by atoms with Crippen molar-refractivity contribution in [2.45, 2.75) is 18.8 Å². The minimum atomic E-state index is -0.207. The number of hydrogen-bond donors (Lipinski definition) is 2. The fourth-order valence-corrected chi connectivity index (χ4v) is 4.42. The predicted octanol–water partition coefficient (Wildman–Crippen LogP) is 4.17. The number of anilines is 1. The second-order valence-corrected chi connectivity index (χ2v) is 7.98. The Hall–Kier alpha value is -2.99. The summed E-state index contributed by atoms with van der Waals surface area (Å²) in [4.78, 5) is 29.7. The topological polar surface area (TPSA) is 74.4 Å². The molecule has 3 aromatic rings. The lowest BCUT2D eigenvalue weighted by molar-refractivity contribution is -0.118. The van der Waals surface area contributed by atoms with Crippen molar-refractivity contribution in [3.8, 4) is 5.75 Å². The summed E-state index contributed by atoms with van der Waals surface area (Å²) in [5, 5.41) is 4.65. The van der Waals surface area contributed by atoms with Crippen LogP contribution in [0.25, 0.3) is 10.9 Å². The zero-order valence-electron chi connectivity index (χ0n) is 15.7. The number of H-pyrrole nitrogens is 1. The number of halogens is 1. The lowest BCUT2D eigenvalue weighted by atomic mass is 9.89. The monoisotopic (exact) mass is 409 g/mol. The van der Waals surface area contributed by atoms with E-state index in [2.05, 4.69) is 16.5 Å². The van der Waals surface area contributed by atoms with Gasteiger partial charge in [-0.3, -0.25) is 9.59 Å². The highest BCUT2D eigenvalue weighted by Gasteiger charge is 2.27. The molecule has 5 rings (SSSR count). The van der Waals surface area contributed by atoms with Crippen molar-refractivity contribution in [1.82, 2.24) is 9.88 Å². The van der Waals surface area contributed by atoms with Gasteiger partial charge in [0.1, 0.15) is 5.75 Å². The maximum Gasteiger partial charge on any atom is 0.262 e. The Balaban J connectivity index is 1.30. The van der Waals surface area contributed by atoms with Gasteiger partial charge in [-0.15, -0.1) is 0 Å². The molecule has 29 heavy (non-hydrogen) atoms. The smallest absolute Gasteiger partial charge is 0.262 e. The molecule has 0 unspecified atom stereocenters. The van der Waals surface area contributed by atoms with Gasteiger partial charge in [-0.25, -0.2) is 0 Å². The molecule has 2 amide bonds.